The number of ether oxygens (including phenoxy) is 1. The summed E-state index contributed by atoms with van der Waals surface area (Å²) in [6.45, 7) is 2.65. The SMILES string of the molecule is COc1cccc([C@H]2CN(C(=O)c3ccnn3C)[C@@H]3CCNC[C@H]23)c1. The number of piperidine rings is 1. The van der Waals surface area contributed by atoms with E-state index in [1.807, 2.05) is 19.2 Å². The van der Waals surface area contributed by atoms with E-state index in [1.54, 1.807) is 24.1 Å². The molecule has 0 unspecified atom stereocenters. The van der Waals surface area contributed by atoms with Crippen LogP contribution in [0.5, 0.6) is 5.75 Å². The normalized spacial score (nSPS) is 25.7. The molecule has 0 saturated carbocycles. The van der Waals surface area contributed by atoms with E-state index in [9.17, 15) is 4.79 Å². The lowest BCUT2D eigenvalue weighted by Crippen LogP contribution is -2.46. The van der Waals surface area contributed by atoms with Gasteiger partial charge in [0.15, 0.2) is 0 Å². The van der Waals surface area contributed by atoms with Gasteiger partial charge in [-0.1, -0.05) is 12.1 Å². The molecule has 0 radical (unpaired) electrons. The van der Waals surface area contributed by atoms with Gasteiger partial charge in [-0.2, -0.15) is 5.10 Å². The number of amides is 1. The zero-order valence-corrected chi connectivity index (χ0v) is 14.7. The van der Waals surface area contributed by atoms with E-state index in [-0.39, 0.29) is 11.9 Å². The van der Waals surface area contributed by atoms with Gasteiger partial charge in [0.1, 0.15) is 11.4 Å². The number of rotatable bonds is 3. The van der Waals surface area contributed by atoms with Crippen LogP contribution >= 0.6 is 0 Å². The molecule has 2 aliphatic heterocycles. The molecule has 3 atom stereocenters. The molecule has 3 heterocycles. The highest BCUT2D eigenvalue weighted by Gasteiger charge is 2.45. The number of hydrogen-bond donors (Lipinski definition) is 1. The van der Waals surface area contributed by atoms with Crippen LogP contribution in [0.15, 0.2) is 36.5 Å². The summed E-state index contributed by atoms with van der Waals surface area (Å²) in [5.41, 5.74) is 1.90. The maximum Gasteiger partial charge on any atom is 0.272 e. The molecule has 2 saturated heterocycles. The molecule has 25 heavy (non-hydrogen) atoms. The fourth-order valence-corrected chi connectivity index (χ4v) is 4.34. The molecule has 2 aromatic rings. The minimum Gasteiger partial charge on any atom is -0.497 e. The third-order valence-corrected chi connectivity index (χ3v) is 5.62. The number of carbonyl (C=O) groups is 1. The molecule has 0 aliphatic carbocycles. The molecule has 6 heteroatoms. The summed E-state index contributed by atoms with van der Waals surface area (Å²) >= 11 is 0. The first-order valence-corrected chi connectivity index (χ1v) is 8.82. The van der Waals surface area contributed by atoms with Crippen molar-refractivity contribution in [2.45, 2.75) is 18.4 Å². The lowest BCUT2D eigenvalue weighted by molar-refractivity contribution is 0.0686. The van der Waals surface area contributed by atoms with Crippen molar-refractivity contribution in [3.8, 4) is 5.75 Å². The van der Waals surface area contributed by atoms with Gasteiger partial charge in [-0.05, 0) is 36.7 Å². The summed E-state index contributed by atoms with van der Waals surface area (Å²) in [5.74, 6) is 1.71. The molecule has 1 aromatic carbocycles. The van der Waals surface area contributed by atoms with E-state index in [1.165, 1.54) is 5.56 Å². The first-order chi connectivity index (χ1) is 12.2. The van der Waals surface area contributed by atoms with Gasteiger partial charge in [0.2, 0.25) is 0 Å². The first kappa shape index (κ1) is 16.1. The van der Waals surface area contributed by atoms with Crippen LogP contribution in [0.1, 0.15) is 28.4 Å². The van der Waals surface area contributed by atoms with Crippen molar-refractivity contribution in [3.63, 3.8) is 0 Å². The highest BCUT2D eigenvalue weighted by molar-refractivity contribution is 5.93. The molecule has 1 N–H and O–H groups in total. The maximum atomic E-state index is 13.1. The summed E-state index contributed by atoms with van der Waals surface area (Å²) in [4.78, 5) is 15.2. The number of likely N-dealkylation sites (tertiary alicyclic amines) is 1. The van der Waals surface area contributed by atoms with Crippen LogP contribution in [0.4, 0.5) is 0 Å². The average Bonchev–Trinajstić information content (AvgIpc) is 3.25. The first-order valence-electron chi connectivity index (χ1n) is 8.82. The number of aryl methyl sites for hydroxylation is 1. The third kappa shape index (κ3) is 2.80. The monoisotopic (exact) mass is 340 g/mol. The summed E-state index contributed by atoms with van der Waals surface area (Å²) in [7, 11) is 3.51. The van der Waals surface area contributed by atoms with E-state index in [4.69, 9.17) is 4.74 Å². The van der Waals surface area contributed by atoms with Gasteiger partial charge in [-0.25, -0.2) is 0 Å². The second-order valence-electron chi connectivity index (χ2n) is 6.90. The standard InChI is InChI=1S/C19H24N4O2/c1-22-18(7-9-21-22)19(24)23-12-16(15-11-20-8-6-17(15)23)13-4-3-5-14(10-13)25-2/h3-5,7,9-10,15-17,20H,6,8,11-12H2,1-2H3/t15-,16-,17-/m1/s1. The summed E-state index contributed by atoms with van der Waals surface area (Å²) < 4.78 is 7.06. The quantitative estimate of drug-likeness (QED) is 0.923. The van der Waals surface area contributed by atoms with E-state index >= 15 is 0 Å². The Morgan fingerprint density at radius 2 is 2.24 bits per heavy atom. The Kier molecular flexibility index (Phi) is 4.21. The van der Waals surface area contributed by atoms with Crippen LogP contribution in [0.25, 0.3) is 0 Å². The van der Waals surface area contributed by atoms with E-state index in [0.717, 1.165) is 31.8 Å². The molecule has 0 spiro atoms. The molecular formula is C19H24N4O2. The van der Waals surface area contributed by atoms with Crippen LogP contribution in [0.2, 0.25) is 0 Å². The molecule has 1 aromatic heterocycles. The number of fused-ring (bicyclic) bond motifs is 1. The average molecular weight is 340 g/mol. The van der Waals surface area contributed by atoms with Crippen molar-refractivity contribution in [1.29, 1.82) is 0 Å². The Hall–Kier alpha value is -2.34. The van der Waals surface area contributed by atoms with Gasteiger partial charge < -0.3 is 15.0 Å². The molecule has 2 aliphatic rings. The number of aromatic nitrogens is 2. The summed E-state index contributed by atoms with van der Waals surface area (Å²) in [6, 6.07) is 10.3. The van der Waals surface area contributed by atoms with Crippen LogP contribution < -0.4 is 10.1 Å². The van der Waals surface area contributed by atoms with Crippen molar-refractivity contribution < 1.29 is 9.53 Å². The molecule has 4 rings (SSSR count). The van der Waals surface area contributed by atoms with Crippen molar-refractivity contribution in [2.75, 3.05) is 26.7 Å². The van der Waals surface area contributed by atoms with Crippen molar-refractivity contribution in [2.24, 2.45) is 13.0 Å². The second-order valence-corrected chi connectivity index (χ2v) is 6.90. The smallest absolute Gasteiger partial charge is 0.272 e. The molecular weight excluding hydrogens is 316 g/mol. The Bertz CT molecular complexity index is 772. The molecule has 2 fully saturated rings. The van der Waals surface area contributed by atoms with Crippen molar-refractivity contribution in [1.82, 2.24) is 20.0 Å². The Labute approximate surface area is 147 Å². The summed E-state index contributed by atoms with van der Waals surface area (Å²) in [5, 5.41) is 7.66. The zero-order valence-electron chi connectivity index (χ0n) is 14.7. The Balaban J connectivity index is 1.66. The number of nitrogens with zero attached hydrogens (tertiary/aromatic N) is 3. The largest absolute Gasteiger partial charge is 0.497 e. The van der Waals surface area contributed by atoms with Crippen LogP contribution in [-0.4, -0.2) is 53.4 Å². The highest BCUT2D eigenvalue weighted by Crippen LogP contribution is 2.41. The number of carbonyl (C=O) groups excluding carboxylic acids is 1. The van der Waals surface area contributed by atoms with Crippen molar-refractivity contribution >= 4 is 5.91 Å². The van der Waals surface area contributed by atoms with Gasteiger partial charge in [0, 0.05) is 44.2 Å². The molecule has 0 bridgehead atoms. The van der Waals surface area contributed by atoms with Crippen LogP contribution in [0, 0.1) is 5.92 Å². The minimum absolute atomic E-state index is 0.0855. The van der Waals surface area contributed by atoms with E-state index in [2.05, 4.69) is 27.4 Å². The van der Waals surface area contributed by atoms with Gasteiger partial charge in [-0.15, -0.1) is 0 Å². The molecule has 6 nitrogen and oxygen atoms in total. The lowest BCUT2D eigenvalue weighted by Gasteiger charge is -2.33. The Morgan fingerprint density at radius 3 is 3.00 bits per heavy atom. The summed E-state index contributed by atoms with van der Waals surface area (Å²) in [6.07, 6.45) is 2.68. The second kappa shape index (κ2) is 6.52. The predicted molar refractivity (Wildman–Crippen MR) is 94.7 cm³/mol. The van der Waals surface area contributed by atoms with Crippen LogP contribution in [-0.2, 0) is 7.05 Å². The Morgan fingerprint density at radius 1 is 1.36 bits per heavy atom. The predicted octanol–water partition coefficient (Wildman–Crippen LogP) is 1.65. The highest BCUT2D eigenvalue weighted by atomic mass is 16.5. The van der Waals surface area contributed by atoms with Gasteiger partial charge in [-0.3, -0.25) is 9.48 Å². The van der Waals surface area contributed by atoms with Crippen LogP contribution in [0.3, 0.4) is 0 Å². The minimum atomic E-state index is 0.0855. The fourth-order valence-electron chi connectivity index (χ4n) is 4.34. The van der Waals surface area contributed by atoms with E-state index in [0.29, 0.717) is 17.5 Å². The lowest BCUT2D eigenvalue weighted by atomic mass is 9.82. The number of benzene rings is 1. The van der Waals surface area contributed by atoms with Gasteiger partial charge in [0.25, 0.3) is 5.91 Å². The number of nitrogens with one attached hydrogen (secondary N) is 1. The molecule has 1 amide bonds. The van der Waals surface area contributed by atoms with Gasteiger partial charge >= 0.3 is 0 Å². The molecule has 132 valence electrons. The maximum absolute atomic E-state index is 13.1. The topological polar surface area (TPSA) is 59.4 Å². The fraction of sp³-hybridized carbons (Fsp3) is 0.474. The van der Waals surface area contributed by atoms with E-state index < -0.39 is 0 Å². The number of methoxy groups -OCH3 is 1. The van der Waals surface area contributed by atoms with Crippen molar-refractivity contribution in [3.05, 3.63) is 47.8 Å². The van der Waals surface area contributed by atoms with Gasteiger partial charge in [0.05, 0.1) is 7.11 Å². The zero-order chi connectivity index (χ0) is 17.4. The third-order valence-electron chi connectivity index (χ3n) is 5.62. The number of hydrogen-bond acceptors (Lipinski definition) is 4.